The number of halogens is 4. The lowest BCUT2D eigenvalue weighted by Gasteiger charge is -2.33. The number of rotatable bonds is 6. The van der Waals surface area contributed by atoms with Gasteiger partial charge in [0, 0.05) is 12.1 Å². The molecule has 0 spiro atoms. The Morgan fingerprint density at radius 2 is 1.90 bits per heavy atom. The lowest BCUT2D eigenvalue weighted by molar-refractivity contribution is -0.139. The summed E-state index contributed by atoms with van der Waals surface area (Å²) in [5.74, 6) is -1.09. The number of nitrogens with zero attached hydrogens (tertiary/aromatic N) is 1. The molecule has 1 aliphatic heterocycles. The highest BCUT2D eigenvalue weighted by atomic mass is 19.4. The SMILES string of the molecule is O=C(NCC(=O)N1CCOC(COc2ccc(F)cc2)C1)c1cccc(C(F)(F)F)c1. The molecule has 1 aliphatic rings. The molecule has 0 aromatic heterocycles. The predicted octanol–water partition coefficient (Wildman–Crippen LogP) is 2.88. The average Bonchev–Trinajstić information content (AvgIpc) is 2.76. The van der Waals surface area contributed by atoms with Crippen LogP contribution in [-0.4, -0.2) is 55.7 Å². The van der Waals surface area contributed by atoms with Gasteiger partial charge < -0.3 is 19.7 Å². The van der Waals surface area contributed by atoms with Crippen LogP contribution in [0.1, 0.15) is 15.9 Å². The summed E-state index contributed by atoms with van der Waals surface area (Å²) < 4.78 is 62.4. The van der Waals surface area contributed by atoms with Crippen LogP contribution in [-0.2, 0) is 15.7 Å². The molecule has 2 amide bonds. The summed E-state index contributed by atoms with van der Waals surface area (Å²) in [7, 11) is 0. The zero-order valence-electron chi connectivity index (χ0n) is 16.3. The molecule has 0 saturated carbocycles. The van der Waals surface area contributed by atoms with E-state index in [9.17, 15) is 27.2 Å². The van der Waals surface area contributed by atoms with Crippen LogP contribution in [0, 0.1) is 5.82 Å². The fourth-order valence-corrected chi connectivity index (χ4v) is 2.97. The Bertz CT molecular complexity index is 918. The lowest BCUT2D eigenvalue weighted by atomic mass is 10.1. The number of hydrogen-bond donors (Lipinski definition) is 1. The molecular weight excluding hydrogens is 420 g/mol. The quantitative estimate of drug-likeness (QED) is 0.702. The molecular formula is C21H20F4N2O4. The van der Waals surface area contributed by atoms with Gasteiger partial charge in [0.25, 0.3) is 5.91 Å². The van der Waals surface area contributed by atoms with Gasteiger partial charge in [-0.1, -0.05) is 6.07 Å². The summed E-state index contributed by atoms with van der Waals surface area (Å²) in [6.07, 6.45) is -4.98. The number of benzene rings is 2. The Balaban J connectivity index is 1.48. The Labute approximate surface area is 175 Å². The lowest BCUT2D eigenvalue weighted by Crippen LogP contribution is -2.50. The maximum atomic E-state index is 12.9. The van der Waals surface area contributed by atoms with Gasteiger partial charge in [-0.2, -0.15) is 13.2 Å². The molecule has 10 heteroatoms. The highest BCUT2D eigenvalue weighted by Crippen LogP contribution is 2.29. The van der Waals surface area contributed by atoms with Crippen molar-refractivity contribution in [1.82, 2.24) is 10.2 Å². The molecule has 1 N–H and O–H groups in total. The number of alkyl halides is 3. The normalized spacial score (nSPS) is 16.6. The van der Waals surface area contributed by atoms with Gasteiger partial charge in [-0.25, -0.2) is 4.39 Å². The Morgan fingerprint density at radius 1 is 1.16 bits per heavy atom. The molecule has 1 unspecified atom stereocenters. The van der Waals surface area contributed by atoms with Gasteiger partial charge in [0.05, 0.1) is 25.3 Å². The maximum Gasteiger partial charge on any atom is 0.416 e. The molecule has 2 aromatic carbocycles. The van der Waals surface area contributed by atoms with E-state index in [0.29, 0.717) is 12.3 Å². The van der Waals surface area contributed by atoms with Crippen molar-refractivity contribution >= 4 is 11.8 Å². The molecule has 1 heterocycles. The topological polar surface area (TPSA) is 67.9 Å². The van der Waals surface area contributed by atoms with Gasteiger partial charge in [0.15, 0.2) is 0 Å². The van der Waals surface area contributed by atoms with Crippen LogP contribution < -0.4 is 10.1 Å². The summed E-state index contributed by atoms with van der Waals surface area (Å²) in [5, 5.41) is 2.35. The van der Waals surface area contributed by atoms with Gasteiger partial charge in [0.1, 0.15) is 24.3 Å². The molecule has 0 bridgehead atoms. The van der Waals surface area contributed by atoms with Crippen molar-refractivity contribution in [1.29, 1.82) is 0 Å². The van der Waals surface area contributed by atoms with Gasteiger partial charge >= 0.3 is 6.18 Å². The largest absolute Gasteiger partial charge is 0.491 e. The van der Waals surface area contributed by atoms with Crippen LogP contribution in [0.25, 0.3) is 0 Å². The summed E-state index contributed by atoms with van der Waals surface area (Å²) in [4.78, 5) is 26.0. The number of carbonyl (C=O) groups excluding carboxylic acids is 2. The van der Waals surface area contributed by atoms with Crippen molar-refractivity contribution in [3.8, 4) is 5.75 Å². The number of hydrogen-bond acceptors (Lipinski definition) is 4. The smallest absolute Gasteiger partial charge is 0.416 e. The molecule has 3 rings (SSSR count). The van der Waals surface area contributed by atoms with E-state index in [0.717, 1.165) is 18.2 Å². The van der Waals surface area contributed by atoms with Crippen molar-refractivity contribution in [2.45, 2.75) is 12.3 Å². The molecule has 166 valence electrons. The molecule has 1 saturated heterocycles. The highest BCUT2D eigenvalue weighted by molar-refractivity contribution is 5.96. The Kier molecular flexibility index (Phi) is 7.11. The van der Waals surface area contributed by atoms with Gasteiger partial charge in [-0.05, 0) is 42.5 Å². The first-order chi connectivity index (χ1) is 14.7. The highest BCUT2D eigenvalue weighted by Gasteiger charge is 2.31. The monoisotopic (exact) mass is 440 g/mol. The Morgan fingerprint density at radius 3 is 2.61 bits per heavy atom. The minimum Gasteiger partial charge on any atom is -0.491 e. The van der Waals surface area contributed by atoms with Crippen LogP contribution in [0.3, 0.4) is 0 Å². The average molecular weight is 440 g/mol. The summed E-state index contributed by atoms with van der Waals surface area (Å²) in [6.45, 7) is 0.585. The van der Waals surface area contributed by atoms with Crippen LogP contribution >= 0.6 is 0 Å². The van der Waals surface area contributed by atoms with Crippen LogP contribution in [0.4, 0.5) is 17.6 Å². The predicted molar refractivity (Wildman–Crippen MR) is 102 cm³/mol. The third-order valence-electron chi connectivity index (χ3n) is 4.59. The molecule has 6 nitrogen and oxygen atoms in total. The van der Waals surface area contributed by atoms with Gasteiger partial charge in [-0.15, -0.1) is 0 Å². The molecule has 1 atom stereocenters. The summed E-state index contributed by atoms with van der Waals surface area (Å²) in [5.41, 5.74) is -1.13. The van der Waals surface area contributed by atoms with E-state index < -0.39 is 29.7 Å². The van der Waals surface area contributed by atoms with Crippen molar-refractivity contribution in [3.05, 3.63) is 65.5 Å². The number of nitrogens with one attached hydrogen (secondary N) is 1. The molecule has 0 radical (unpaired) electrons. The van der Waals surface area contributed by atoms with Gasteiger partial charge in [0.2, 0.25) is 5.91 Å². The molecule has 0 aliphatic carbocycles. The number of amides is 2. The second kappa shape index (κ2) is 9.78. The van der Waals surface area contributed by atoms with E-state index in [2.05, 4.69) is 5.32 Å². The van der Waals surface area contributed by atoms with E-state index in [-0.39, 0.29) is 37.7 Å². The van der Waals surface area contributed by atoms with Crippen molar-refractivity contribution in [2.75, 3.05) is 32.8 Å². The van der Waals surface area contributed by atoms with E-state index in [1.54, 1.807) is 0 Å². The molecule has 2 aromatic rings. The van der Waals surface area contributed by atoms with Crippen LogP contribution in [0.5, 0.6) is 5.75 Å². The Hall–Kier alpha value is -3.14. The first-order valence-corrected chi connectivity index (χ1v) is 9.45. The third kappa shape index (κ3) is 6.42. The maximum absolute atomic E-state index is 12.9. The number of morpholine rings is 1. The molecule has 1 fully saturated rings. The van der Waals surface area contributed by atoms with Crippen molar-refractivity contribution in [3.63, 3.8) is 0 Å². The zero-order valence-corrected chi connectivity index (χ0v) is 16.3. The third-order valence-corrected chi connectivity index (χ3v) is 4.59. The van der Waals surface area contributed by atoms with Crippen molar-refractivity contribution < 1.29 is 36.6 Å². The fourth-order valence-electron chi connectivity index (χ4n) is 2.97. The first kappa shape index (κ1) is 22.5. The van der Waals surface area contributed by atoms with Crippen molar-refractivity contribution in [2.24, 2.45) is 0 Å². The van der Waals surface area contributed by atoms with E-state index in [4.69, 9.17) is 9.47 Å². The summed E-state index contributed by atoms with van der Waals surface area (Å²) >= 11 is 0. The minimum atomic E-state index is -4.56. The minimum absolute atomic E-state index is 0.145. The van der Waals surface area contributed by atoms with Gasteiger partial charge in [-0.3, -0.25) is 9.59 Å². The van der Waals surface area contributed by atoms with E-state index in [1.165, 1.54) is 35.2 Å². The standard InChI is InChI=1S/C21H20F4N2O4/c22-16-4-6-17(7-5-16)31-13-18-12-27(8-9-30-18)19(28)11-26-20(29)14-2-1-3-15(10-14)21(23,24)25/h1-7,10,18H,8-9,11-13H2,(H,26,29). The second-order valence-corrected chi connectivity index (χ2v) is 6.86. The number of carbonyl (C=O) groups is 2. The van der Waals surface area contributed by atoms with E-state index in [1.807, 2.05) is 0 Å². The fraction of sp³-hybridized carbons (Fsp3) is 0.333. The second-order valence-electron chi connectivity index (χ2n) is 6.86. The van der Waals surface area contributed by atoms with Crippen LogP contribution in [0.2, 0.25) is 0 Å². The molecule has 31 heavy (non-hydrogen) atoms. The number of ether oxygens (including phenoxy) is 2. The van der Waals surface area contributed by atoms with Crippen LogP contribution in [0.15, 0.2) is 48.5 Å². The zero-order chi connectivity index (χ0) is 22.4. The summed E-state index contributed by atoms with van der Waals surface area (Å²) in [6, 6.07) is 9.45. The first-order valence-electron chi connectivity index (χ1n) is 9.45. The van der Waals surface area contributed by atoms with E-state index >= 15 is 0 Å².